The van der Waals surface area contributed by atoms with Crippen LogP contribution in [0.25, 0.3) is 11.0 Å². The van der Waals surface area contributed by atoms with Crippen LogP contribution in [-0.4, -0.2) is 40.2 Å². The lowest BCUT2D eigenvalue weighted by atomic mass is 10.0. The molecule has 4 aromatic rings. The molecule has 0 radical (unpaired) electrons. The molecule has 7 heteroatoms. The Morgan fingerprint density at radius 2 is 1.75 bits per heavy atom. The predicted molar refractivity (Wildman–Crippen MR) is 162 cm³/mol. The van der Waals surface area contributed by atoms with Crippen molar-refractivity contribution in [3.8, 4) is 11.8 Å². The van der Waals surface area contributed by atoms with Crippen LogP contribution >= 0.6 is 11.6 Å². The van der Waals surface area contributed by atoms with Gasteiger partial charge in [-0.3, -0.25) is 9.36 Å². The third-order valence-electron chi connectivity index (χ3n) is 8.08. The smallest absolute Gasteiger partial charge is 0.268 e. The van der Waals surface area contributed by atoms with Crippen molar-refractivity contribution in [1.82, 2.24) is 19.9 Å². The largest absolute Gasteiger partial charge is 0.341 e. The summed E-state index contributed by atoms with van der Waals surface area (Å²) in [6, 6.07) is 20.5. The Balaban J connectivity index is 1.21. The Hall–Kier alpha value is -3.66. The molecule has 3 heterocycles. The van der Waals surface area contributed by atoms with Gasteiger partial charge in [-0.25, -0.2) is 4.98 Å². The van der Waals surface area contributed by atoms with Gasteiger partial charge < -0.3 is 10.2 Å². The topological polar surface area (TPSA) is 63.1 Å². The van der Waals surface area contributed by atoms with Gasteiger partial charge in [-0.2, -0.15) is 4.98 Å². The Morgan fingerprint density at radius 1 is 0.950 bits per heavy atom. The van der Waals surface area contributed by atoms with Crippen LogP contribution in [0.15, 0.2) is 71.7 Å². The van der Waals surface area contributed by atoms with Crippen LogP contribution in [0.2, 0.25) is 5.02 Å². The summed E-state index contributed by atoms with van der Waals surface area (Å²) in [6.07, 6.45) is 9.21. The summed E-state index contributed by atoms with van der Waals surface area (Å²) in [6.45, 7) is 2.77. The first-order valence-corrected chi connectivity index (χ1v) is 14.7. The highest BCUT2D eigenvalue weighted by molar-refractivity contribution is 6.30. The van der Waals surface area contributed by atoms with Crippen molar-refractivity contribution in [1.29, 1.82) is 0 Å². The molecular weight excluding hydrogens is 518 g/mol. The standard InChI is InChI=1S/C33H34ClN5O/c34-28-10-6-9-25(21-28)13-14-26-22-27-23-36-33(37-31(27)39(32(26)40)30-11-4-5-12-30)38-19-16-29(17-20-38)35-18-15-24-7-2-1-3-8-24/h1-3,6-10,21-23,29-30,35H,4-5,11-12,15-20H2. The molecule has 40 heavy (non-hydrogen) atoms. The van der Waals surface area contributed by atoms with Crippen molar-refractivity contribution >= 4 is 28.6 Å². The van der Waals surface area contributed by atoms with Crippen LogP contribution in [0.4, 0.5) is 5.95 Å². The third kappa shape index (κ3) is 6.06. The Kier molecular flexibility index (Phi) is 8.13. The molecule has 1 saturated carbocycles. The van der Waals surface area contributed by atoms with E-state index in [-0.39, 0.29) is 11.6 Å². The van der Waals surface area contributed by atoms with Crippen LogP contribution in [0.1, 0.15) is 61.3 Å². The minimum absolute atomic E-state index is 0.0695. The second-order valence-electron chi connectivity index (χ2n) is 10.8. The molecular formula is C33H34ClN5O. The van der Waals surface area contributed by atoms with Gasteiger partial charge in [-0.15, -0.1) is 0 Å². The molecule has 2 aromatic carbocycles. The van der Waals surface area contributed by atoms with Gasteiger partial charge in [0.1, 0.15) is 5.65 Å². The number of hydrogen-bond acceptors (Lipinski definition) is 5. The number of fused-ring (bicyclic) bond motifs is 1. The maximum Gasteiger partial charge on any atom is 0.268 e. The second-order valence-corrected chi connectivity index (χ2v) is 11.3. The molecule has 0 spiro atoms. The number of nitrogens with one attached hydrogen (secondary N) is 1. The highest BCUT2D eigenvalue weighted by Gasteiger charge is 2.25. The maximum atomic E-state index is 13.7. The van der Waals surface area contributed by atoms with E-state index in [1.165, 1.54) is 5.56 Å². The van der Waals surface area contributed by atoms with E-state index in [0.29, 0.717) is 22.6 Å². The molecule has 2 fully saturated rings. The fourth-order valence-electron chi connectivity index (χ4n) is 5.91. The van der Waals surface area contributed by atoms with E-state index in [1.54, 1.807) is 0 Å². The van der Waals surface area contributed by atoms with E-state index in [0.717, 1.165) is 81.2 Å². The molecule has 1 N–H and O–H groups in total. The van der Waals surface area contributed by atoms with Crippen molar-refractivity contribution in [3.05, 3.63) is 98.9 Å². The molecule has 1 saturated heterocycles. The van der Waals surface area contributed by atoms with Gasteiger partial charge in [0.2, 0.25) is 5.95 Å². The number of pyridine rings is 1. The first kappa shape index (κ1) is 26.6. The molecule has 6 rings (SSSR count). The van der Waals surface area contributed by atoms with Crippen molar-refractivity contribution in [3.63, 3.8) is 0 Å². The lowest BCUT2D eigenvalue weighted by Gasteiger charge is -2.32. The number of hydrogen-bond donors (Lipinski definition) is 1. The number of rotatable bonds is 6. The molecule has 2 aliphatic rings. The van der Waals surface area contributed by atoms with Crippen LogP contribution in [0.5, 0.6) is 0 Å². The van der Waals surface area contributed by atoms with E-state index in [9.17, 15) is 4.79 Å². The third-order valence-corrected chi connectivity index (χ3v) is 8.32. The first-order valence-electron chi connectivity index (χ1n) is 14.4. The normalized spacial score (nSPS) is 16.3. The van der Waals surface area contributed by atoms with E-state index in [2.05, 4.69) is 52.4 Å². The number of piperidine rings is 1. The highest BCUT2D eigenvalue weighted by Crippen LogP contribution is 2.31. The zero-order valence-corrected chi connectivity index (χ0v) is 23.4. The van der Waals surface area contributed by atoms with Crippen molar-refractivity contribution in [2.75, 3.05) is 24.5 Å². The lowest BCUT2D eigenvalue weighted by Crippen LogP contribution is -2.43. The minimum Gasteiger partial charge on any atom is -0.341 e. The Bertz CT molecular complexity index is 1590. The van der Waals surface area contributed by atoms with Crippen molar-refractivity contribution in [2.24, 2.45) is 0 Å². The van der Waals surface area contributed by atoms with Gasteiger partial charge >= 0.3 is 0 Å². The van der Waals surface area contributed by atoms with Gasteiger partial charge in [-0.05, 0) is 68.5 Å². The molecule has 0 atom stereocenters. The molecule has 1 aliphatic carbocycles. The average Bonchev–Trinajstić information content (AvgIpc) is 3.51. The van der Waals surface area contributed by atoms with Gasteiger partial charge in [0.15, 0.2) is 0 Å². The SMILES string of the molecule is O=c1c(C#Cc2cccc(Cl)c2)cc2cnc(N3CCC(NCCc4ccccc4)CC3)nc2n1C1CCCC1. The highest BCUT2D eigenvalue weighted by atomic mass is 35.5. The van der Waals surface area contributed by atoms with Crippen LogP contribution in [0, 0.1) is 11.8 Å². The number of nitrogens with zero attached hydrogens (tertiary/aromatic N) is 4. The monoisotopic (exact) mass is 551 g/mol. The van der Waals surface area contributed by atoms with Gasteiger partial charge in [0.25, 0.3) is 5.56 Å². The van der Waals surface area contributed by atoms with E-state index in [4.69, 9.17) is 21.6 Å². The summed E-state index contributed by atoms with van der Waals surface area (Å²) in [5, 5.41) is 5.20. The van der Waals surface area contributed by atoms with Crippen LogP contribution in [-0.2, 0) is 6.42 Å². The van der Waals surface area contributed by atoms with E-state index >= 15 is 0 Å². The number of anilines is 1. The molecule has 204 valence electrons. The van der Waals surface area contributed by atoms with Gasteiger partial charge in [0, 0.05) is 47.3 Å². The van der Waals surface area contributed by atoms with Crippen molar-refractivity contribution in [2.45, 2.75) is 57.0 Å². The fourth-order valence-corrected chi connectivity index (χ4v) is 6.10. The van der Waals surface area contributed by atoms with E-state index < -0.39 is 0 Å². The van der Waals surface area contributed by atoms with Gasteiger partial charge in [0.05, 0.1) is 5.56 Å². The number of aromatic nitrogens is 3. The van der Waals surface area contributed by atoms with Crippen molar-refractivity contribution < 1.29 is 0 Å². The van der Waals surface area contributed by atoms with Crippen LogP contribution in [0.3, 0.4) is 0 Å². The Morgan fingerprint density at radius 3 is 2.52 bits per heavy atom. The molecule has 1 aliphatic heterocycles. The molecule has 0 unspecified atom stereocenters. The molecule has 6 nitrogen and oxygen atoms in total. The molecule has 0 bridgehead atoms. The quantitative estimate of drug-likeness (QED) is 0.309. The first-order chi connectivity index (χ1) is 19.6. The summed E-state index contributed by atoms with van der Waals surface area (Å²) < 4.78 is 1.90. The summed E-state index contributed by atoms with van der Waals surface area (Å²) >= 11 is 6.12. The zero-order chi connectivity index (χ0) is 27.3. The van der Waals surface area contributed by atoms with E-state index in [1.807, 2.05) is 41.1 Å². The minimum atomic E-state index is -0.0695. The number of benzene rings is 2. The summed E-state index contributed by atoms with van der Waals surface area (Å²) in [5.41, 5.74) is 3.27. The molecule has 2 aromatic heterocycles. The lowest BCUT2D eigenvalue weighted by molar-refractivity contribution is 0.415. The van der Waals surface area contributed by atoms with Crippen LogP contribution < -0.4 is 15.8 Å². The number of halogens is 1. The van der Waals surface area contributed by atoms with Gasteiger partial charge in [-0.1, -0.05) is 72.7 Å². The molecule has 0 amide bonds. The average molecular weight is 552 g/mol. The fraction of sp³-hybridized carbons (Fsp3) is 0.364. The summed E-state index contributed by atoms with van der Waals surface area (Å²) in [5.74, 6) is 6.93. The maximum absolute atomic E-state index is 13.7. The predicted octanol–water partition coefficient (Wildman–Crippen LogP) is 5.76. The summed E-state index contributed by atoms with van der Waals surface area (Å²) in [4.78, 5) is 25.7. The summed E-state index contributed by atoms with van der Waals surface area (Å²) in [7, 11) is 0. The second kappa shape index (κ2) is 12.2. The Labute approximate surface area is 240 Å². The zero-order valence-electron chi connectivity index (χ0n) is 22.7.